The maximum Gasteiger partial charge on any atom is 0.197 e. The lowest BCUT2D eigenvalue weighted by Crippen LogP contribution is -2.03. The topological polar surface area (TPSA) is 77.4 Å². The molecule has 0 bridgehead atoms. The van der Waals surface area contributed by atoms with Gasteiger partial charge in [-0.1, -0.05) is 12.1 Å². The molecule has 24 heavy (non-hydrogen) atoms. The van der Waals surface area contributed by atoms with Crippen LogP contribution in [0.1, 0.15) is 0 Å². The first-order valence-electron chi connectivity index (χ1n) is 7.34. The van der Waals surface area contributed by atoms with E-state index in [1.54, 1.807) is 19.2 Å². The summed E-state index contributed by atoms with van der Waals surface area (Å²) in [6.07, 6.45) is 0. The van der Waals surface area contributed by atoms with E-state index in [-0.39, 0.29) is 5.43 Å². The molecule has 0 radical (unpaired) electrons. The number of fused-ring (bicyclic) bond motifs is 2. The summed E-state index contributed by atoms with van der Waals surface area (Å²) in [7, 11) is 3.04. The number of para-hydroxylation sites is 2. The number of ether oxygens (including phenoxy) is 2. The lowest BCUT2D eigenvalue weighted by molar-refractivity contribution is 0.396. The zero-order valence-electron chi connectivity index (χ0n) is 13.1. The second kappa shape index (κ2) is 5.42. The van der Waals surface area contributed by atoms with Crippen molar-refractivity contribution in [1.82, 2.24) is 9.97 Å². The second-order valence-electron chi connectivity index (χ2n) is 5.28. The van der Waals surface area contributed by atoms with E-state index in [4.69, 9.17) is 13.9 Å². The van der Waals surface area contributed by atoms with Crippen molar-refractivity contribution in [3.05, 3.63) is 52.7 Å². The molecule has 0 aliphatic carbocycles. The molecule has 0 saturated heterocycles. The summed E-state index contributed by atoms with van der Waals surface area (Å²) < 4.78 is 16.4. The number of rotatable bonds is 3. The highest BCUT2D eigenvalue weighted by Gasteiger charge is 2.15. The van der Waals surface area contributed by atoms with Crippen LogP contribution in [-0.4, -0.2) is 24.2 Å². The van der Waals surface area contributed by atoms with Crippen molar-refractivity contribution in [3.63, 3.8) is 0 Å². The molecule has 0 saturated carbocycles. The van der Waals surface area contributed by atoms with Crippen molar-refractivity contribution in [2.45, 2.75) is 0 Å². The number of benzene rings is 2. The average Bonchev–Trinajstić information content (AvgIpc) is 3.04. The highest BCUT2D eigenvalue weighted by atomic mass is 16.5. The molecule has 0 spiro atoms. The van der Waals surface area contributed by atoms with Gasteiger partial charge in [-0.05, 0) is 12.1 Å². The van der Waals surface area contributed by atoms with E-state index in [0.717, 1.165) is 11.0 Å². The summed E-state index contributed by atoms with van der Waals surface area (Å²) in [5.41, 5.74) is 1.86. The minimum absolute atomic E-state index is 0.203. The summed E-state index contributed by atoms with van der Waals surface area (Å²) in [5, 5.41) is 0.373. The number of aromatic nitrogens is 2. The summed E-state index contributed by atoms with van der Waals surface area (Å²) in [4.78, 5) is 20.2. The smallest absolute Gasteiger partial charge is 0.197 e. The van der Waals surface area contributed by atoms with E-state index in [1.807, 2.05) is 24.3 Å². The van der Waals surface area contributed by atoms with Gasteiger partial charge in [0, 0.05) is 18.2 Å². The van der Waals surface area contributed by atoms with E-state index in [0.29, 0.717) is 34.1 Å². The number of nitrogens with zero attached hydrogens (tertiary/aromatic N) is 1. The molecule has 0 aliphatic heterocycles. The van der Waals surface area contributed by atoms with Gasteiger partial charge in [0.15, 0.2) is 17.0 Å². The van der Waals surface area contributed by atoms with Gasteiger partial charge in [0.2, 0.25) is 0 Å². The molecular formula is C18H14N2O4. The van der Waals surface area contributed by atoms with Gasteiger partial charge in [-0.2, -0.15) is 0 Å². The van der Waals surface area contributed by atoms with Gasteiger partial charge in [-0.3, -0.25) is 4.79 Å². The minimum atomic E-state index is -0.203. The zero-order chi connectivity index (χ0) is 16.7. The van der Waals surface area contributed by atoms with Crippen LogP contribution in [0.15, 0.2) is 51.7 Å². The number of methoxy groups -OCH3 is 2. The van der Waals surface area contributed by atoms with Crippen molar-refractivity contribution in [2.24, 2.45) is 0 Å². The molecular weight excluding hydrogens is 308 g/mol. The first-order chi connectivity index (χ1) is 11.7. The molecule has 0 unspecified atom stereocenters. The summed E-state index contributed by atoms with van der Waals surface area (Å²) in [6.45, 7) is 0. The molecule has 6 heteroatoms. The average molecular weight is 322 g/mol. The number of imidazole rings is 1. The van der Waals surface area contributed by atoms with Crippen LogP contribution in [0.2, 0.25) is 0 Å². The lowest BCUT2D eigenvalue weighted by Gasteiger charge is -2.08. The van der Waals surface area contributed by atoms with Gasteiger partial charge in [0.25, 0.3) is 0 Å². The number of H-pyrrole nitrogens is 1. The standard InChI is InChI=1S/C18H14N2O4/c1-22-10-7-14(23-2)17-13(21)9-16(24-15(17)8-10)18-19-11-5-3-4-6-12(11)20-18/h3-9H,1-2H3,(H,19,20). The molecule has 2 heterocycles. The number of aromatic amines is 1. The van der Waals surface area contributed by atoms with Crippen molar-refractivity contribution < 1.29 is 13.9 Å². The van der Waals surface area contributed by atoms with E-state index in [2.05, 4.69) is 9.97 Å². The van der Waals surface area contributed by atoms with Crippen LogP contribution in [0.3, 0.4) is 0 Å². The van der Waals surface area contributed by atoms with Gasteiger partial charge in [-0.25, -0.2) is 4.98 Å². The Morgan fingerprint density at radius 2 is 1.92 bits per heavy atom. The third-order valence-corrected chi connectivity index (χ3v) is 3.85. The molecule has 1 N–H and O–H groups in total. The van der Waals surface area contributed by atoms with Crippen molar-refractivity contribution in [1.29, 1.82) is 0 Å². The molecule has 0 atom stereocenters. The van der Waals surface area contributed by atoms with Crippen LogP contribution < -0.4 is 14.9 Å². The molecule has 120 valence electrons. The van der Waals surface area contributed by atoms with Crippen LogP contribution in [-0.2, 0) is 0 Å². The maximum atomic E-state index is 12.5. The fourth-order valence-electron chi connectivity index (χ4n) is 2.69. The lowest BCUT2D eigenvalue weighted by atomic mass is 10.2. The molecule has 0 fully saturated rings. The van der Waals surface area contributed by atoms with Crippen molar-refractivity contribution in [3.8, 4) is 23.1 Å². The first kappa shape index (κ1) is 14.3. The molecule has 2 aromatic carbocycles. The Morgan fingerprint density at radius 1 is 1.08 bits per heavy atom. The van der Waals surface area contributed by atoms with Crippen LogP contribution in [0, 0.1) is 0 Å². The fraction of sp³-hybridized carbons (Fsp3) is 0.111. The Bertz CT molecular complexity index is 1080. The maximum absolute atomic E-state index is 12.5. The predicted molar refractivity (Wildman–Crippen MR) is 90.7 cm³/mol. The zero-order valence-corrected chi connectivity index (χ0v) is 13.1. The highest BCUT2D eigenvalue weighted by molar-refractivity contribution is 5.86. The Kier molecular flexibility index (Phi) is 3.23. The molecule has 2 aromatic heterocycles. The van der Waals surface area contributed by atoms with E-state index in [1.165, 1.54) is 13.2 Å². The molecule has 4 aromatic rings. The minimum Gasteiger partial charge on any atom is -0.496 e. The number of hydrogen-bond donors (Lipinski definition) is 1. The Labute approximate surface area is 136 Å². The van der Waals surface area contributed by atoms with E-state index < -0.39 is 0 Å². The highest BCUT2D eigenvalue weighted by Crippen LogP contribution is 2.31. The number of hydrogen-bond acceptors (Lipinski definition) is 5. The summed E-state index contributed by atoms with van der Waals surface area (Å²) in [5.74, 6) is 1.81. The van der Waals surface area contributed by atoms with Gasteiger partial charge in [-0.15, -0.1) is 0 Å². The molecule has 0 amide bonds. The quantitative estimate of drug-likeness (QED) is 0.626. The summed E-state index contributed by atoms with van der Waals surface area (Å²) >= 11 is 0. The van der Waals surface area contributed by atoms with E-state index in [9.17, 15) is 4.79 Å². The second-order valence-corrected chi connectivity index (χ2v) is 5.28. The predicted octanol–water partition coefficient (Wildman–Crippen LogP) is 3.35. The SMILES string of the molecule is COc1cc(OC)c2c(=O)cc(-c3nc4ccccc4[nH]3)oc2c1. The van der Waals surface area contributed by atoms with Crippen molar-refractivity contribution >= 4 is 22.0 Å². The molecule has 0 aliphatic rings. The Balaban J connectivity index is 1.98. The first-order valence-corrected chi connectivity index (χ1v) is 7.34. The Hall–Kier alpha value is -3.28. The monoisotopic (exact) mass is 322 g/mol. The van der Waals surface area contributed by atoms with Gasteiger partial charge >= 0.3 is 0 Å². The van der Waals surface area contributed by atoms with Crippen LogP contribution in [0.5, 0.6) is 11.5 Å². The largest absolute Gasteiger partial charge is 0.496 e. The van der Waals surface area contributed by atoms with Crippen LogP contribution >= 0.6 is 0 Å². The Morgan fingerprint density at radius 3 is 2.67 bits per heavy atom. The molecule has 4 rings (SSSR count). The number of nitrogens with one attached hydrogen (secondary N) is 1. The van der Waals surface area contributed by atoms with Gasteiger partial charge < -0.3 is 18.9 Å². The van der Waals surface area contributed by atoms with Gasteiger partial charge in [0.1, 0.15) is 22.5 Å². The van der Waals surface area contributed by atoms with Gasteiger partial charge in [0.05, 0.1) is 25.3 Å². The van der Waals surface area contributed by atoms with Crippen molar-refractivity contribution in [2.75, 3.05) is 14.2 Å². The normalized spacial score (nSPS) is 11.1. The fourth-order valence-corrected chi connectivity index (χ4v) is 2.69. The molecule has 6 nitrogen and oxygen atoms in total. The van der Waals surface area contributed by atoms with E-state index >= 15 is 0 Å². The third-order valence-electron chi connectivity index (χ3n) is 3.85. The van der Waals surface area contributed by atoms with Crippen LogP contribution in [0.4, 0.5) is 0 Å². The summed E-state index contributed by atoms with van der Waals surface area (Å²) in [6, 6.07) is 12.3. The van der Waals surface area contributed by atoms with Crippen LogP contribution in [0.25, 0.3) is 33.6 Å². The third kappa shape index (κ3) is 2.20.